The Hall–Kier alpha value is -2.82. The third kappa shape index (κ3) is 5.02. The zero-order valence-corrected chi connectivity index (χ0v) is 18.2. The molecule has 156 valence electrons. The third-order valence-electron chi connectivity index (χ3n) is 5.10. The van der Waals surface area contributed by atoms with Crippen molar-refractivity contribution in [1.29, 1.82) is 0 Å². The first kappa shape index (κ1) is 21.9. The van der Waals surface area contributed by atoms with E-state index in [0.29, 0.717) is 13.1 Å². The molecule has 0 bridgehead atoms. The van der Waals surface area contributed by atoms with Crippen LogP contribution < -0.4 is 0 Å². The first-order chi connectivity index (χ1) is 14.1. The standard InChI is InChI=1S/C25H26N2O2.ClH/c1-26(2)18-22-16-21-17-27(14-13-24(21)29-22)25(28)23(20-11-7-4-8-12-20)15-19-9-5-3-6-10-19;/h3-12,15-16H,13-14,17-18H2,1-2H3;1H/b23-15+;. The molecule has 0 saturated heterocycles. The summed E-state index contributed by atoms with van der Waals surface area (Å²) in [5, 5.41) is 0. The van der Waals surface area contributed by atoms with Gasteiger partial charge in [0.15, 0.2) is 0 Å². The number of furan rings is 1. The molecule has 5 heteroatoms. The van der Waals surface area contributed by atoms with Crippen LogP contribution in [0.5, 0.6) is 0 Å². The lowest BCUT2D eigenvalue weighted by atomic mass is 10.00. The lowest BCUT2D eigenvalue weighted by Crippen LogP contribution is -2.36. The zero-order valence-electron chi connectivity index (χ0n) is 17.4. The number of rotatable bonds is 5. The SMILES string of the molecule is CN(C)Cc1cc2c(o1)CCN(C(=O)/C(=C/c1ccccc1)c1ccccc1)C2.Cl. The maximum absolute atomic E-state index is 13.5. The predicted octanol–water partition coefficient (Wildman–Crippen LogP) is 4.89. The Bertz CT molecular complexity index is 1010. The van der Waals surface area contributed by atoms with Crippen molar-refractivity contribution in [3.63, 3.8) is 0 Å². The highest BCUT2D eigenvalue weighted by atomic mass is 35.5. The smallest absolute Gasteiger partial charge is 0.254 e. The van der Waals surface area contributed by atoms with E-state index in [0.717, 1.165) is 46.7 Å². The molecule has 3 aromatic rings. The van der Waals surface area contributed by atoms with Crippen LogP contribution in [0.25, 0.3) is 11.6 Å². The van der Waals surface area contributed by atoms with Crippen LogP contribution in [0.15, 0.2) is 71.1 Å². The zero-order chi connectivity index (χ0) is 20.2. The number of benzene rings is 2. The van der Waals surface area contributed by atoms with Gasteiger partial charge >= 0.3 is 0 Å². The summed E-state index contributed by atoms with van der Waals surface area (Å²) < 4.78 is 5.99. The Kier molecular flexibility index (Phi) is 7.14. The van der Waals surface area contributed by atoms with Crippen LogP contribution in [-0.4, -0.2) is 36.3 Å². The van der Waals surface area contributed by atoms with Gasteiger partial charge in [-0.1, -0.05) is 60.7 Å². The number of hydrogen-bond donors (Lipinski definition) is 0. The number of carbonyl (C=O) groups excluding carboxylic acids is 1. The molecular weight excluding hydrogens is 396 g/mol. The van der Waals surface area contributed by atoms with Gasteiger partial charge in [0.1, 0.15) is 11.5 Å². The predicted molar refractivity (Wildman–Crippen MR) is 123 cm³/mol. The van der Waals surface area contributed by atoms with E-state index in [1.807, 2.05) is 85.7 Å². The molecule has 1 amide bonds. The minimum absolute atomic E-state index is 0. The molecule has 0 N–H and O–H groups in total. The molecule has 1 aliphatic rings. The molecule has 30 heavy (non-hydrogen) atoms. The Balaban J connectivity index is 0.00000256. The van der Waals surface area contributed by atoms with E-state index in [1.165, 1.54) is 0 Å². The number of amides is 1. The lowest BCUT2D eigenvalue weighted by Gasteiger charge is -2.27. The molecule has 0 fully saturated rings. The van der Waals surface area contributed by atoms with Gasteiger partial charge in [-0.15, -0.1) is 12.4 Å². The van der Waals surface area contributed by atoms with Crippen molar-refractivity contribution < 1.29 is 9.21 Å². The van der Waals surface area contributed by atoms with Crippen LogP contribution in [0.4, 0.5) is 0 Å². The number of halogens is 1. The highest BCUT2D eigenvalue weighted by Crippen LogP contribution is 2.27. The normalized spacial score (nSPS) is 13.7. The largest absolute Gasteiger partial charge is 0.464 e. The van der Waals surface area contributed by atoms with Crippen molar-refractivity contribution in [2.45, 2.75) is 19.5 Å². The van der Waals surface area contributed by atoms with Crippen molar-refractivity contribution in [3.8, 4) is 0 Å². The summed E-state index contributed by atoms with van der Waals surface area (Å²) >= 11 is 0. The van der Waals surface area contributed by atoms with E-state index in [-0.39, 0.29) is 18.3 Å². The van der Waals surface area contributed by atoms with Gasteiger partial charge in [0.2, 0.25) is 0 Å². The first-order valence-corrected chi connectivity index (χ1v) is 9.97. The van der Waals surface area contributed by atoms with Gasteiger partial charge in [0.05, 0.1) is 6.54 Å². The summed E-state index contributed by atoms with van der Waals surface area (Å²) in [7, 11) is 4.05. The van der Waals surface area contributed by atoms with Crippen LogP contribution in [0.2, 0.25) is 0 Å². The van der Waals surface area contributed by atoms with Crippen LogP contribution >= 0.6 is 12.4 Å². The highest BCUT2D eigenvalue weighted by molar-refractivity contribution is 6.24. The Morgan fingerprint density at radius 1 is 1.07 bits per heavy atom. The first-order valence-electron chi connectivity index (χ1n) is 9.97. The maximum atomic E-state index is 13.5. The van der Waals surface area contributed by atoms with Crippen LogP contribution in [0.1, 0.15) is 28.2 Å². The van der Waals surface area contributed by atoms with Gasteiger partial charge in [0, 0.05) is 30.6 Å². The van der Waals surface area contributed by atoms with E-state index in [4.69, 9.17) is 4.42 Å². The minimum atomic E-state index is 0. The average Bonchev–Trinajstić information content (AvgIpc) is 3.13. The molecule has 0 saturated carbocycles. The molecule has 0 unspecified atom stereocenters. The number of hydrogen-bond acceptors (Lipinski definition) is 3. The van der Waals surface area contributed by atoms with Gasteiger partial charge in [0.25, 0.3) is 5.91 Å². The molecule has 4 nitrogen and oxygen atoms in total. The Labute approximate surface area is 184 Å². The van der Waals surface area contributed by atoms with E-state index in [9.17, 15) is 4.79 Å². The monoisotopic (exact) mass is 422 g/mol. The molecule has 0 atom stereocenters. The summed E-state index contributed by atoms with van der Waals surface area (Å²) in [5.41, 5.74) is 3.80. The fourth-order valence-corrected chi connectivity index (χ4v) is 3.73. The number of fused-ring (bicyclic) bond motifs is 1. The van der Waals surface area contributed by atoms with Crippen molar-refractivity contribution in [2.24, 2.45) is 0 Å². The van der Waals surface area contributed by atoms with Crippen molar-refractivity contribution in [1.82, 2.24) is 9.80 Å². The molecule has 1 aliphatic heterocycles. The maximum Gasteiger partial charge on any atom is 0.254 e. The fourth-order valence-electron chi connectivity index (χ4n) is 3.73. The molecular formula is C25H27ClN2O2. The molecule has 2 aromatic carbocycles. The Morgan fingerprint density at radius 2 is 1.73 bits per heavy atom. The highest BCUT2D eigenvalue weighted by Gasteiger charge is 2.26. The number of nitrogens with zero attached hydrogens (tertiary/aromatic N) is 2. The molecule has 0 radical (unpaired) electrons. The molecule has 1 aromatic heterocycles. The quantitative estimate of drug-likeness (QED) is 0.434. The number of carbonyl (C=O) groups is 1. The summed E-state index contributed by atoms with van der Waals surface area (Å²) in [4.78, 5) is 17.5. The van der Waals surface area contributed by atoms with E-state index in [2.05, 4.69) is 11.0 Å². The van der Waals surface area contributed by atoms with Gasteiger partial charge in [-0.05, 0) is 37.4 Å². The van der Waals surface area contributed by atoms with Crippen molar-refractivity contribution >= 4 is 30.0 Å². The van der Waals surface area contributed by atoms with Gasteiger partial charge < -0.3 is 14.2 Å². The second kappa shape index (κ2) is 9.79. The fraction of sp³-hybridized carbons (Fsp3) is 0.240. The third-order valence-corrected chi connectivity index (χ3v) is 5.10. The molecule has 0 spiro atoms. The Morgan fingerprint density at radius 3 is 2.40 bits per heavy atom. The summed E-state index contributed by atoms with van der Waals surface area (Å²) in [6.45, 7) is 2.02. The second-order valence-electron chi connectivity index (χ2n) is 7.71. The average molecular weight is 423 g/mol. The lowest BCUT2D eigenvalue weighted by molar-refractivity contribution is -0.125. The topological polar surface area (TPSA) is 36.7 Å². The van der Waals surface area contributed by atoms with Crippen LogP contribution in [0, 0.1) is 0 Å². The van der Waals surface area contributed by atoms with Gasteiger partial charge in [-0.25, -0.2) is 0 Å². The summed E-state index contributed by atoms with van der Waals surface area (Å²) in [6, 6.07) is 22.0. The minimum Gasteiger partial charge on any atom is -0.464 e. The van der Waals surface area contributed by atoms with Crippen LogP contribution in [0.3, 0.4) is 0 Å². The van der Waals surface area contributed by atoms with Crippen molar-refractivity contribution in [2.75, 3.05) is 20.6 Å². The molecule has 4 rings (SSSR count). The van der Waals surface area contributed by atoms with Gasteiger partial charge in [-0.2, -0.15) is 0 Å². The second-order valence-corrected chi connectivity index (χ2v) is 7.71. The van der Waals surface area contributed by atoms with Crippen LogP contribution in [-0.2, 0) is 24.3 Å². The van der Waals surface area contributed by atoms with E-state index < -0.39 is 0 Å². The van der Waals surface area contributed by atoms with E-state index >= 15 is 0 Å². The molecule has 0 aliphatic carbocycles. The summed E-state index contributed by atoms with van der Waals surface area (Å²) in [5.74, 6) is 2.03. The molecule has 2 heterocycles. The van der Waals surface area contributed by atoms with Crippen molar-refractivity contribution in [3.05, 3.63) is 94.9 Å². The summed E-state index contributed by atoms with van der Waals surface area (Å²) in [6.07, 6.45) is 2.74. The van der Waals surface area contributed by atoms with Gasteiger partial charge in [-0.3, -0.25) is 4.79 Å². The van der Waals surface area contributed by atoms with E-state index in [1.54, 1.807) is 0 Å².